The lowest BCUT2D eigenvalue weighted by Gasteiger charge is -2.17. The largest absolute Gasteiger partial charge is 0.341 e. The van der Waals surface area contributed by atoms with Gasteiger partial charge in [-0.2, -0.15) is 4.98 Å². The van der Waals surface area contributed by atoms with Gasteiger partial charge in [0.05, 0.1) is 6.04 Å². The van der Waals surface area contributed by atoms with Gasteiger partial charge in [0.1, 0.15) is 6.04 Å². The van der Waals surface area contributed by atoms with Crippen molar-refractivity contribution in [3.63, 3.8) is 0 Å². The first-order valence-corrected chi connectivity index (χ1v) is 6.47. The monoisotopic (exact) mass is 294 g/mol. The summed E-state index contributed by atoms with van der Waals surface area (Å²) < 4.78 is 4.96. The predicted molar refractivity (Wildman–Crippen MR) is 74.1 cm³/mol. The molecule has 2 rings (SSSR count). The van der Waals surface area contributed by atoms with Crippen LogP contribution < -0.4 is 11.1 Å². The molecule has 0 radical (unpaired) electrons. The van der Waals surface area contributed by atoms with Gasteiger partial charge in [0, 0.05) is 11.9 Å². The van der Waals surface area contributed by atoms with E-state index in [1.54, 1.807) is 38.1 Å². The molecule has 0 spiro atoms. The standard InChI is InChI=1S/C13H15ClN4O2/c1-7(15)13(19)17-11(12-16-8(2)20-18-12)9-3-5-10(14)6-4-9/h3-7,11H,15H2,1-2H3,(H,17,19)/t7-,11?/m1/s1. The lowest BCUT2D eigenvalue weighted by molar-refractivity contribution is -0.122. The molecule has 0 aliphatic rings. The molecule has 0 aliphatic heterocycles. The molecule has 1 unspecified atom stereocenters. The highest BCUT2D eigenvalue weighted by molar-refractivity contribution is 6.30. The van der Waals surface area contributed by atoms with Crippen molar-refractivity contribution in [3.05, 3.63) is 46.6 Å². The summed E-state index contributed by atoms with van der Waals surface area (Å²) in [7, 11) is 0. The van der Waals surface area contributed by atoms with Crippen LogP contribution in [0.3, 0.4) is 0 Å². The summed E-state index contributed by atoms with van der Waals surface area (Å²) in [5.41, 5.74) is 6.37. The second kappa shape index (κ2) is 6.02. The molecule has 1 amide bonds. The summed E-state index contributed by atoms with van der Waals surface area (Å²) in [6, 6.07) is 5.89. The van der Waals surface area contributed by atoms with Crippen molar-refractivity contribution in [3.8, 4) is 0 Å². The Bertz CT molecular complexity index is 595. The van der Waals surface area contributed by atoms with Gasteiger partial charge in [-0.05, 0) is 24.6 Å². The first-order chi connectivity index (χ1) is 9.47. The van der Waals surface area contributed by atoms with Crippen molar-refractivity contribution in [2.45, 2.75) is 25.9 Å². The number of hydrogen-bond donors (Lipinski definition) is 2. The molecule has 1 aromatic heterocycles. The van der Waals surface area contributed by atoms with Gasteiger partial charge in [-0.3, -0.25) is 4.79 Å². The maximum atomic E-state index is 11.8. The molecule has 0 bridgehead atoms. The maximum absolute atomic E-state index is 11.8. The zero-order valence-corrected chi connectivity index (χ0v) is 11.9. The topological polar surface area (TPSA) is 94.0 Å². The number of aromatic nitrogens is 2. The first kappa shape index (κ1) is 14.5. The van der Waals surface area contributed by atoms with E-state index in [0.29, 0.717) is 16.7 Å². The van der Waals surface area contributed by atoms with Crippen molar-refractivity contribution in [2.75, 3.05) is 0 Å². The summed E-state index contributed by atoms with van der Waals surface area (Å²) in [5, 5.41) is 7.25. The third-order valence-electron chi connectivity index (χ3n) is 2.70. The van der Waals surface area contributed by atoms with Gasteiger partial charge in [0.25, 0.3) is 0 Å². The van der Waals surface area contributed by atoms with Crippen molar-refractivity contribution >= 4 is 17.5 Å². The molecule has 0 saturated carbocycles. The number of nitrogens with two attached hydrogens (primary N) is 1. The molecular formula is C13H15ClN4O2. The molecule has 0 fully saturated rings. The van der Waals surface area contributed by atoms with Gasteiger partial charge < -0.3 is 15.6 Å². The Morgan fingerprint density at radius 2 is 2.05 bits per heavy atom. The molecule has 0 aliphatic carbocycles. The van der Waals surface area contributed by atoms with Gasteiger partial charge in [-0.25, -0.2) is 0 Å². The number of nitrogens with zero attached hydrogens (tertiary/aromatic N) is 2. The predicted octanol–water partition coefficient (Wildman–Crippen LogP) is 1.58. The van der Waals surface area contributed by atoms with Crippen LogP contribution in [0.15, 0.2) is 28.8 Å². The third kappa shape index (κ3) is 3.34. The summed E-state index contributed by atoms with van der Waals surface area (Å²) in [4.78, 5) is 16.0. The summed E-state index contributed by atoms with van der Waals surface area (Å²) >= 11 is 5.87. The Morgan fingerprint density at radius 3 is 2.55 bits per heavy atom. The lowest BCUT2D eigenvalue weighted by Crippen LogP contribution is -2.40. The molecule has 106 valence electrons. The van der Waals surface area contributed by atoms with E-state index < -0.39 is 12.1 Å². The number of benzene rings is 1. The van der Waals surface area contributed by atoms with Crippen LogP contribution in [0.4, 0.5) is 0 Å². The minimum Gasteiger partial charge on any atom is -0.341 e. The minimum absolute atomic E-state index is 0.299. The fraction of sp³-hybridized carbons (Fsp3) is 0.308. The number of aryl methyl sites for hydroxylation is 1. The average molecular weight is 295 g/mol. The second-order valence-electron chi connectivity index (χ2n) is 4.45. The van der Waals surface area contributed by atoms with Crippen LogP contribution in [0.1, 0.15) is 30.2 Å². The number of rotatable bonds is 4. The highest BCUT2D eigenvalue weighted by Gasteiger charge is 2.23. The minimum atomic E-state index is -0.627. The highest BCUT2D eigenvalue weighted by Crippen LogP contribution is 2.21. The van der Waals surface area contributed by atoms with E-state index in [2.05, 4.69) is 15.5 Å². The summed E-state index contributed by atoms with van der Waals surface area (Å²) in [6.45, 7) is 3.29. The van der Waals surface area contributed by atoms with Crippen molar-refractivity contribution in [2.24, 2.45) is 5.73 Å². The quantitative estimate of drug-likeness (QED) is 0.893. The van der Waals surface area contributed by atoms with Crippen LogP contribution in [-0.4, -0.2) is 22.1 Å². The maximum Gasteiger partial charge on any atom is 0.237 e. The summed E-state index contributed by atoms with van der Waals surface area (Å²) in [6.07, 6.45) is 0. The number of carbonyl (C=O) groups is 1. The fourth-order valence-electron chi connectivity index (χ4n) is 1.66. The van der Waals surface area contributed by atoms with Crippen molar-refractivity contribution in [1.82, 2.24) is 15.5 Å². The number of hydrogen-bond acceptors (Lipinski definition) is 5. The number of halogens is 1. The zero-order chi connectivity index (χ0) is 14.7. The van der Waals surface area contributed by atoms with Crippen LogP contribution >= 0.6 is 11.6 Å². The molecule has 2 atom stereocenters. The van der Waals surface area contributed by atoms with Gasteiger partial charge in [-0.1, -0.05) is 28.9 Å². The number of nitrogens with one attached hydrogen (secondary N) is 1. The SMILES string of the molecule is Cc1nc(C(NC(=O)[C@@H](C)N)c2ccc(Cl)cc2)no1. The van der Waals surface area contributed by atoms with Gasteiger partial charge in [0.2, 0.25) is 11.8 Å². The molecule has 7 heteroatoms. The molecule has 6 nitrogen and oxygen atoms in total. The number of carbonyl (C=O) groups excluding carboxylic acids is 1. The summed E-state index contributed by atoms with van der Waals surface area (Å²) in [5.74, 6) is 0.500. The Balaban J connectivity index is 2.33. The zero-order valence-electron chi connectivity index (χ0n) is 11.1. The number of amides is 1. The Kier molecular flexibility index (Phi) is 4.36. The van der Waals surface area contributed by atoms with Crippen LogP contribution in [0, 0.1) is 6.92 Å². The lowest BCUT2D eigenvalue weighted by atomic mass is 10.1. The fourth-order valence-corrected chi connectivity index (χ4v) is 1.78. The molecule has 1 heterocycles. The van der Waals surface area contributed by atoms with Crippen LogP contribution in [0.2, 0.25) is 5.02 Å². The second-order valence-corrected chi connectivity index (χ2v) is 4.89. The van der Waals surface area contributed by atoms with E-state index in [1.807, 2.05) is 0 Å². The molecule has 3 N–H and O–H groups in total. The van der Waals surface area contributed by atoms with E-state index in [4.69, 9.17) is 21.9 Å². The van der Waals surface area contributed by atoms with Crippen LogP contribution in [-0.2, 0) is 4.79 Å². The first-order valence-electron chi connectivity index (χ1n) is 6.09. The van der Waals surface area contributed by atoms with Crippen LogP contribution in [0.25, 0.3) is 0 Å². The van der Waals surface area contributed by atoms with Gasteiger partial charge in [-0.15, -0.1) is 0 Å². The van der Waals surface area contributed by atoms with Crippen molar-refractivity contribution < 1.29 is 9.32 Å². The van der Waals surface area contributed by atoms with Gasteiger partial charge in [0.15, 0.2) is 5.82 Å². The Labute approximate surface area is 121 Å². The molecule has 0 saturated heterocycles. The molecule has 20 heavy (non-hydrogen) atoms. The highest BCUT2D eigenvalue weighted by atomic mass is 35.5. The van der Waals surface area contributed by atoms with E-state index in [9.17, 15) is 4.79 Å². The van der Waals surface area contributed by atoms with E-state index >= 15 is 0 Å². The van der Waals surface area contributed by atoms with Crippen LogP contribution in [0.5, 0.6) is 0 Å². The third-order valence-corrected chi connectivity index (χ3v) is 2.96. The normalized spacial score (nSPS) is 13.8. The Morgan fingerprint density at radius 1 is 1.40 bits per heavy atom. The van der Waals surface area contributed by atoms with E-state index in [1.165, 1.54) is 0 Å². The Hall–Kier alpha value is -1.92. The van der Waals surface area contributed by atoms with Gasteiger partial charge >= 0.3 is 0 Å². The molecule has 1 aromatic carbocycles. The van der Waals surface area contributed by atoms with Crippen molar-refractivity contribution in [1.29, 1.82) is 0 Å². The smallest absolute Gasteiger partial charge is 0.237 e. The average Bonchev–Trinajstić information content (AvgIpc) is 2.83. The van der Waals surface area contributed by atoms with E-state index in [0.717, 1.165) is 5.56 Å². The molecule has 2 aromatic rings. The molecular weight excluding hydrogens is 280 g/mol. The van der Waals surface area contributed by atoms with E-state index in [-0.39, 0.29) is 5.91 Å².